The van der Waals surface area contributed by atoms with Crippen LogP contribution in [0.3, 0.4) is 0 Å². The maximum absolute atomic E-state index is 11.8. The lowest BCUT2D eigenvalue weighted by molar-refractivity contribution is -0.128. The molecule has 0 radical (unpaired) electrons. The van der Waals surface area contributed by atoms with Gasteiger partial charge in [-0.2, -0.15) is 0 Å². The SMILES string of the molecule is CC(C)OCC(=O)N[C@H]1COC[C@H]1Cc1ccncc1. The molecule has 20 heavy (non-hydrogen) atoms. The summed E-state index contributed by atoms with van der Waals surface area (Å²) in [4.78, 5) is 15.8. The number of pyridine rings is 1. The Morgan fingerprint density at radius 3 is 2.90 bits per heavy atom. The first-order valence-electron chi connectivity index (χ1n) is 7.02. The predicted octanol–water partition coefficient (Wildman–Crippen LogP) is 1.18. The first-order valence-corrected chi connectivity index (χ1v) is 7.02. The third-order valence-electron chi connectivity index (χ3n) is 3.34. The van der Waals surface area contributed by atoms with Gasteiger partial charge in [-0.25, -0.2) is 0 Å². The number of hydrogen-bond acceptors (Lipinski definition) is 4. The van der Waals surface area contributed by atoms with E-state index in [1.54, 1.807) is 12.4 Å². The monoisotopic (exact) mass is 278 g/mol. The van der Waals surface area contributed by atoms with Gasteiger partial charge in [0.05, 0.1) is 25.4 Å². The Bertz CT molecular complexity index is 422. The molecule has 0 spiro atoms. The molecule has 5 nitrogen and oxygen atoms in total. The number of carbonyl (C=O) groups excluding carboxylic acids is 1. The Kier molecular flexibility index (Phi) is 5.49. The summed E-state index contributed by atoms with van der Waals surface area (Å²) in [5.74, 6) is 0.231. The topological polar surface area (TPSA) is 60.5 Å². The number of ether oxygens (including phenoxy) is 2. The second kappa shape index (κ2) is 7.36. The molecule has 0 bridgehead atoms. The summed E-state index contributed by atoms with van der Waals surface area (Å²) in [5, 5.41) is 3.00. The molecule has 1 aromatic rings. The Hall–Kier alpha value is -1.46. The van der Waals surface area contributed by atoms with E-state index in [4.69, 9.17) is 9.47 Å². The molecular formula is C15H22N2O3. The fourth-order valence-corrected chi connectivity index (χ4v) is 2.27. The van der Waals surface area contributed by atoms with Crippen molar-refractivity contribution < 1.29 is 14.3 Å². The predicted molar refractivity (Wildman–Crippen MR) is 75.3 cm³/mol. The second-order valence-corrected chi connectivity index (χ2v) is 5.39. The Balaban J connectivity index is 1.83. The molecule has 0 aromatic carbocycles. The third-order valence-corrected chi connectivity index (χ3v) is 3.34. The molecule has 2 atom stereocenters. The molecule has 1 aliphatic rings. The van der Waals surface area contributed by atoms with Gasteiger partial charge in [0.15, 0.2) is 0 Å². The molecule has 0 aliphatic carbocycles. The van der Waals surface area contributed by atoms with Crippen LogP contribution in [-0.4, -0.2) is 42.9 Å². The van der Waals surface area contributed by atoms with E-state index >= 15 is 0 Å². The molecule has 1 aromatic heterocycles. The second-order valence-electron chi connectivity index (χ2n) is 5.39. The Morgan fingerprint density at radius 2 is 2.20 bits per heavy atom. The Morgan fingerprint density at radius 1 is 1.45 bits per heavy atom. The summed E-state index contributed by atoms with van der Waals surface area (Å²) in [5.41, 5.74) is 1.22. The van der Waals surface area contributed by atoms with Gasteiger partial charge in [0, 0.05) is 18.3 Å². The number of hydrogen-bond donors (Lipinski definition) is 1. The number of nitrogens with zero attached hydrogens (tertiary/aromatic N) is 1. The molecule has 2 rings (SSSR count). The summed E-state index contributed by atoms with van der Waals surface area (Å²) in [6.07, 6.45) is 4.52. The van der Waals surface area contributed by atoms with Crippen molar-refractivity contribution >= 4 is 5.91 Å². The average Bonchev–Trinajstić information content (AvgIpc) is 2.85. The zero-order valence-corrected chi connectivity index (χ0v) is 12.0. The van der Waals surface area contributed by atoms with Gasteiger partial charge >= 0.3 is 0 Å². The quantitative estimate of drug-likeness (QED) is 0.849. The van der Waals surface area contributed by atoms with E-state index in [1.165, 1.54) is 5.56 Å². The van der Waals surface area contributed by atoms with Crippen molar-refractivity contribution in [3.8, 4) is 0 Å². The highest BCUT2D eigenvalue weighted by molar-refractivity contribution is 5.77. The van der Waals surface area contributed by atoms with Crippen LogP contribution in [0.1, 0.15) is 19.4 Å². The van der Waals surface area contributed by atoms with E-state index in [0.717, 1.165) is 6.42 Å². The molecular weight excluding hydrogens is 256 g/mol. The zero-order chi connectivity index (χ0) is 14.4. The van der Waals surface area contributed by atoms with Crippen molar-refractivity contribution in [1.29, 1.82) is 0 Å². The van der Waals surface area contributed by atoms with E-state index in [2.05, 4.69) is 10.3 Å². The molecule has 1 fully saturated rings. The normalized spacial score (nSPS) is 22.1. The summed E-state index contributed by atoms with van der Waals surface area (Å²) in [6.45, 7) is 5.19. The van der Waals surface area contributed by atoms with E-state index in [1.807, 2.05) is 26.0 Å². The zero-order valence-electron chi connectivity index (χ0n) is 12.0. The minimum Gasteiger partial charge on any atom is -0.379 e. The van der Waals surface area contributed by atoms with E-state index in [9.17, 15) is 4.79 Å². The van der Waals surface area contributed by atoms with Crippen LogP contribution in [0.25, 0.3) is 0 Å². The van der Waals surface area contributed by atoms with Crippen LogP contribution < -0.4 is 5.32 Å². The molecule has 0 unspecified atom stereocenters. The van der Waals surface area contributed by atoms with Crippen LogP contribution in [0.15, 0.2) is 24.5 Å². The minimum atomic E-state index is -0.0751. The average molecular weight is 278 g/mol. The lowest BCUT2D eigenvalue weighted by Gasteiger charge is -2.19. The maximum Gasteiger partial charge on any atom is 0.246 e. The van der Waals surface area contributed by atoms with Gasteiger partial charge in [-0.15, -0.1) is 0 Å². The van der Waals surface area contributed by atoms with E-state index in [0.29, 0.717) is 19.1 Å². The fraction of sp³-hybridized carbons (Fsp3) is 0.600. The highest BCUT2D eigenvalue weighted by Crippen LogP contribution is 2.18. The molecule has 1 amide bonds. The summed E-state index contributed by atoms with van der Waals surface area (Å²) in [7, 11) is 0. The van der Waals surface area contributed by atoms with Crippen LogP contribution in [0, 0.1) is 5.92 Å². The number of aromatic nitrogens is 1. The lowest BCUT2D eigenvalue weighted by Crippen LogP contribution is -2.42. The molecule has 5 heteroatoms. The van der Waals surface area contributed by atoms with Gasteiger partial charge in [-0.05, 0) is 38.0 Å². The van der Waals surface area contributed by atoms with Crippen molar-refractivity contribution in [2.75, 3.05) is 19.8 Å². The number of carbonyl (C=O) groups is 1. The van der Waals surface area contributed by atoms with Crippen molar-refractivity contribution in [3.63, 3.8) is 0 Å². The van der Waals surface area contributed by atoms with E-state index < -0.39 is 0 Å². The highest BCUT2D eigenvalue weighted by atomic mass is 16.5. The molecule has 1 N–H and O–H groups in total. The van der Waals surface area contributed by atoms with Gasteiger partial charge in [-0.1, -0.05) is 0 Å². The number of amides is 1. The fourth-order valence-electron chi connectivity index (χ4n) is 2.27. The van der Waals surface area contributed by atoms with Crippen LogP contribution in [0.5, 0.6) is 0 Å². The lowest BCUT2D eigenvalue weighted by atomic mass is 9.95. The van der Waals surface area contributed by atoms with E-state index in [-0.39, 0.29) is 24.7 Å². The maximum atomic E-state index is 11.8. The van der Waals surface area contributed by atoms with Crippen molar-refractivity contribution in [2.24, 2.45) is 5.92 Å². The van der Waals surface area contributed by atoms with Crippen LogP contribution in [0.2, 0.25) is 0 Å². The number of nitrogens with one attached hydrogen (secondary N) is 1. The van der Waals surface area contributed by atoms with Crippen molar-refractivity contribution in [3.05, 3.63) is 30.1 Å². The summed E-state index contributed by atoms with van der Waals surface area (Å²) >= 11 is 0. The summed E-state index contributed by atoms with van der Waals surface area (Å²) in [6, 6.07) is 4.06. The highest BCUT2D eigenvalue weighted by Gasteiger charge is 2.29. The molecule has 110 valence electrons. The molecule has 1 saturated heterocycles. The van der Waals surface area contributed by atoms with Crippen LogP contribution in [0.4, 0.5) is 0 Å². The smallest absolute Gasteiger partial charge is 0.246 e. The van der Waals surface area contributed by atoms with Crippen molar-refractivity contribution in [1.82, 2.24) is 10.3 Å². The van der Waals surface area contributed by atoms with Crippen LogP contribution in [-0.2, 0) is 20.7 Å². The van der Waals surface area contributed by atoms with Gasteiger partial charge in [-0.3, -0.25) is 9.78 Å². The molecule has 1 aliphatic heterocycles. The molecule has 2 heterocycles. The molecule has 0 saturated carbocycles. The first kappa shape index (κ1) is 14.9. The Labute approximate surface area is 119 Å². The van der Waals surface area contributed by atoms with Crippen molar-refractivity contribution in [2.45, 2.75) is 32.4 Å². The third kappa shape index (κ3) is 4.58. The standard InChI is InChI=1S/C15H22N2O3/c1-11(2)20-10-15(18)17-14-9-19-8-13(14)7-12-3-5-16-6-4-12/h3-6,11,13-14H,7-10H2,1-2H3,(H,17,18)/t13-,14+/m1/s1. The summed E-state index contributed by atoms with van der Waals surface area (Å²) < 4.78 is 10.8. The van der Waals surface area contributed by atoms with Gasteiger partial charge in [0.25, 0.3) is 0 Å². The minimum absolute atomic E-state index is 0.0615. The van der Waals surface area contributed by atoms with Gasteiger partial charge in [0.1, 0.15) is 6.61 Å². The van der Waals surface area contributed by atoms with Gasteiger partial charge < -0.3 is 14.8 Å². The van der Waals surface area contributed by atoms with Crippen LogP contribution >= 0.6 is 0 Å². The first-order chi connectivity index (χ1) is 9.65. The van der Waals surface area contributed by atoms with Gasteiger partial charge in [0.2, 0.25) is 5.91 Å². The largest absolute Gasteiger partial charge is 0.379 e. The number of rotatable bonds is 6.